The van der Waals surface area contributed by atoms with E-state index in [9.17, 15) is 4.79 Å². The van der Waals surface area contributed by atoms with Crippen molar-refractivity contribution in [3.05, 3.63) is 40.6 Å². The molecule has 0 spiro atoms. The highest BCUT2D eigenvalue weighted by Crippen LogP contribution is 2.03. The monoisotopic (exact) mass is 220 g/mol. The maximum Gasteiger partial charge on any atom is 0.205 e. The van der Waals surface area contributed by atoms with Gasteiger partial charge in [-0.25, -0.2) is 4.68 Å². The van der Waals surface area contributed by atoms with Gasteiger partial charge in [0.1, 0.15) is 11.4 Å². The summed E-state index contributed by atoms with van der Waals surface area (Å²) in [6.07, 6.45) is 5.03. The molecule has 0 fully saturated rings. The van der Waals surface area contributed by atoms with Crippen LogP contribution in [0.25, 0.3) is 5.69 Å². The lowest BCUT2D eigenvalue weighted by Gasteiger charge is -2.02. The minimum atomic E-state index is -0.360. The Morgan fingerprint density at radius 3 is 2.94 bits per heavy atom. The van der Waals surface area contributed by atoms with Crippen molar-refractivity contribution < 1.29 is 5.11 Å². The third-order valence-corrected chi connectivity index (χ3v) is 2.24. The molecule has 84 valence electrons. The Morgan fingerprint density at radius 1 is 1.50 bits per heavy atom. The second-order valence-electron chi connectivity index (χ2n) is 3.28. The molecule has 2 aromatic rings. The highest BCUT2D eigenvalue weighted by Gasteiger charge is 2.04. The van der Waals surface area contributed by atoms with Crippen molar-refractivity contribution in [2.45, 2.75) is 20.1 Å². The van der Waals surface area contributed by atoms with E-state index >= 15 is 0 Å². The number of hydrogen-bond donors (Lipinski definition) is 1. The molecule has 0 aliphatic carbocycles. The van der Waals surface area contributed by atoms with Crippen LogP contribution in [0.15, 0.2) is 29.5 Å². The molecule has 0 aromatic carbocycles. The van der Waals surface area contributed by atoms with Crippen molar-refractivity contribution in [1.82, 2.24) is 19.6 Å². The molecule has 0 unspecified atom stereocenters. The summed E-state index contributed by atoms with van der Waals surface area (Å²) in [7, 11) is 0. The fraction of sp³-hybridized carbons (Fsp3) is 0.300. The third kappa shape index (κ3) is 1.87. The molecule has 0 aliphatic heterocycles. The highest BCUT2D eigenvalue weighted by atomic mass is 16.3. The van der Waals surface area contributed by atoms with Gasteiger partial charge in [0, 0.05) is 18.8 Å². The smallest absolute Gasteiger partial charge is 0.205 e. The van der Waals surface area contributed by atoms with E-state index in [1.807, 2.05) is 13.1 Å². The molecule has 0 aliphatic rings. The zero-order valence-electron chi connectivity index (χ0n) is 8.87. The molecule has 0 amide bonds. The van der Waals surface area contributed by atoms with Gasteiger partial charge >= 0.3 is 0 Å². The Bertz CT molecular complexity index is 544. The van der Waals surface area contributed by atoms with Crippen molar-refractivity contribution in [1.29, 1.82) is 0 Å². The molecule has 0 bridgehead atoms. The summed E-state index contributed by atoms with van der Waals surface area (Å²) in [5, 5.41) is 17.1. The van der Waals surface area contributed by atoms with Crippen LogP contribution in [-0.4, -0.2) is 24.7 Å². The van der Waals surface area contributed by atoms with Crippen molar-refractivity contribution in [2.24, 2.45) is 0 Å². The second kappa shape index (κ2) is 4.28. The summed E-state index contributed by atoms with van der Waals surface area (Å²) in [4.78, 5) is 11.2. The molecule has 6 heteroatoms. The average Bonchev–Trinajstić information content (AvgIpc) is 2.78. The van der Waals surface area contributed by atoms with Crippen LogP contribution in [0.1, 0.15) is 12.6 Å². The number of aliphatic hydroxyl groups is 1. The summed E-state index contributed by atoms with van der Waals surface area (Å²) < 4.78 is 3.28. The van der Waals surface area contributed by atoms with Crippen LogP contribution < -0.4 is 5.43 Å². The van der Waals surface area contributed by atoms with Crippen LogP contribution in [0.3, 0.4) is 0 Å². The summed E-state index contributed by atoms with van der Waals surface area (Å²) in [5.41, 5.74) is 0.630. The molecule has 0 radical (unpaired) electrons. The molecular weight excluding hydrogens is 208 g/mol. The van der Waals surface area contributed by atoms with Crippen LogP contribution in [0.5, 0.6) is 0 Å². The molecule has 0 saturated heterocycles. The van der Waals surface area contributed by atoms with E-state index in [4.69, 9.17) is 5.11 Å². The number of rotatable bonds is 3. The van der Waals surface area contributed by atoms with E-state index in [1.54, 1.807) is 17.1 Å². The van der Waals surface area contributed by atoms with Crippen LogP contribution in [0.4, 0.5) is 0 Å². The SMILES string of the molecule is CCn1cc(-n2ccc(=O)c(CO)n2)cn1. The van der Waals surface area contributed by atoms with Crippen molar-refractivity contribution >= 4 is 0 Å². The number of aromatic nitrogens is 4. The first-order valence-corrected chi connectivity index (χ1v) is 4.97. The first kappa shape index (κ1) is 10.6. The van der Waals surface area contributed by atoms with E-state index in [1.165, 1.54) is 10.7 Å². The second-order valence-corrected chi connectivity index (χ2v) is 3.28. The van der Waals surface area contributed by atoms with Gasteiger partial charge in [0.25, 0.3) is 0 Å². The summed E-state index contributed by atoms with van der Waals surface area (Å²) in [6.45, 7) is 2.39. The van der Waals surface area contributed by atoms with E-state index in [2.05, 4.69) is 10.2 Å². The number of aliphatic hydroxyl groups excluding tert-OH is 1. The van der Waals surface area contributed by atoms with Crippen LogP contribution in [0, 0.1) is 0 Å². The molecule has 1 N–H and O–H groups in total. The lowest BCUT2D eigenvalue weighted by atomic mass is 10.4. The van der Waals surface area contributed by atoms with Gasteiger partial charge in [0.2, 0.25) is 5.43 Å². The highest BCUT2D eigenvalue weighted by molar-refractivity contribution is 5.23. The first-order chi connectivity index (χ1) is 7.74. The Kier molecular flexibility index (Phi) is 2.82. The minimum Gasteiger partial charge on any atom is -0.390 e. The van der Waals surface area contributed by atoms with E-state index in [0.29, 0.717) is 0 Å². The fourth-order valence-electron chi connectivity index (χ4n) is 1.34. The molecular formula is C10H12N4O2. The Hall–Kier alpha value is -1.95. The molecule has 2 rings (SSSR count). The topological polar surface area (TPSA) is 72.9 Å². The van der Waals surface area contributed by atoms with Crippen molar-refractivity contribution in [3.63, 3.8) is 0 Å². The van der Waals surface area contributed by atoms with Gasteiger partial charge in [-0.2, -0.15) is 10.2 Å². The predicted molar refractivity (Wildman–Crippen MR) is 57.2 cm³/mol. The summed E-state index contributed by atoms with van der Waals surface area (Å²) >= 11 is 0. The Labute approximate surface area is 91.8 Å². The Balaban J connectivity index is 2.44. The summed E-state index contributed by atoms with van der Waals surface area (Å²) in [6, 6.07) is 1.38. The van der Waals surface area contributed by atoms with E-state index in [-0.39, 0.29) is 17.7 Å². The standard InChI is InChI=1S/C10H12N4O2/c1-2-13-6-8(5-11-13)14-4-3-10(16)9(7-15)12-14/h3-6,15H,2,7H2,1H3. The first-order valence-electron chi connectivity index (χ1n) is 4.97. The molecule has 6 nitrogen and oxygen atoms in total. The van der Waals surface area contributed by atoms with Gasteiger partial charge in [-0.3, -0.25) is 9.48 Å². The minimum absolute atomic E-state index is 0.131. The number of hydrogen-bond acceptors (Lipinski definition) is 4. The van der Waals surface area contributed by atoms with Crippen molar-refractivity contribution in [2.75, 3.05) is 0 Å². The van der Waals surface area contributed by atoms with Gasteiger partial charge in [-0.1, -0.05) is 0 Å². The number of aryl methyl sites for hydroxylation is 1. The van der Waals surface area contributed by atoms with Gasteiger partial charge in [-0.05, 0) is 6.92 Å². The van der Waals surface area contributed by atoms with E-state index < -0.39 is 0 Å². The van der Waals surface area contributed by atoms with Crippen LogP contribution >= 0.6 is 0 Å². The third-order valence-electron chi connectivity index (χ3n) is 2.24. The average molecular weight is 220 g/mol. The lowest BCUT2D eigenvalue weighted by molar-refractivity contribution is 0.273. The Morgan fingerprint density at radius 2 is 2.31 bits per heavy atom. The quantitative estimate of drug-likeness (QED) is 0.786. The summed E-state index contributed by atoms with van der Waals surface area (Å²) in [5.74, 6) is 0. The molecule has 2 aromatic heterocycles. The molecule has 16 heavy (non-hydrogen) atoms. The lowest BCUT2D eigenvalue weighted by Crippen LogP contribution is -2.15. The van der Waals surface area contributed by atoms with Crippen LogP contribution in [0.2, 0.25) is 0 Å². The predicted octanol–water partition coefficient (Wildman–Crippen LogP) is -0.0588. The fourth-order valence-corrected chi connectivity index (χ4v) is 1.34. The molecule has 2 heterocycles. The number of nitrogens with zero attached hydrogens (tertiary/aromatic N) is 4. The van der Waals surface area contributed by atoms with Crippen LogP contribution in [-0.2, 0) is 13.2 Å². The van der Waals surface area contributed by atoms with E-state index in [0.717, 1.165) is 12.2 Å². The largest absolute Gasteiger partial charge is 0.390 e. The van der Waals surface area contributed by atoms with Gasteiger partial charge in [-0.15, -0.1) is 0 Å². The molecule has 0 saturated carbocycles. The van der Waals surface area contributed by atoms with Gasteiger partial charge in [0.05, 0.1) is 19.0 Å². The zero-order chi connectivity index (χ0) is 11.5. The molecule has 0 atom stereocenters. The zero-order valence-corrected chi connectivity index (χ0v) is 8.87. The normalized spacial score (nSPS) is 10.6. The van der Waals surface area contributed by atoms with Gasteiger partial charge < -0.3 is 5.11 Å². The maximum absolute atomic E-state index is 11.2. The maximum atomic E-state index is 11.2. The van der Waals surface area contributed by atoms with Crippen molar-refractivity contribution in [3.8, 4) is 5.69 Å². The van der Waals surface area contributed by atoms with Gasteiger partial charge in [0.15, 0.2) is 0 Å².